The molecule has 0 unspecified atom stereocenters. The Hall–Kier alpha value is -2.30. The fraction of sp³-hybridized carbons (Fsp3) is 0.0714. The number of sulfonamides is 1. The monoisotopic (exact) mass is 394 g/mol. The Morgan fingerprint density at radius 2 is 1.68 bits per heavy atom. The van der Waals surface area contributed by atoms with E-state index in [1.165, 1.54) is 24.3 Å². The van der Waals surface area contributed by atoms with Crippen molar-refractivity contribution in [3.8, 4) is 5.75 Å². The van der Waals surface area contributed by atoms with Crippen LogP contribution in [0.15, 0.2) is 41.3 Å². The normalized spacial score (nSPS) is 11.2. The quantitative estimate of drug-likeness (QED) is 0.581. The molecular formula is C14H10ClF3N2O4S. The molecule has 0 bridgehead atoms. The highest BCUT2D eigenvalue weighted by molar-refractivity contribution is 7.89. The molecule has 0 heterocycles. The molecular weight excluding hydrogens is 385 g/mol. The Balaban J connectivity index is 1.96. The topological polar surface area (TPSA) is 84.5 Å². The molecule has 0 saturated heterocycles. The minimum absolute atomic E-state index is 0.300. The fourth-order valence-electron chi connectivity index (χ4n) is 1.61. The predicted octanol–water partition coefficient (Wildman–Crippen LogP) is 2.15. The predicted molar refractivity (Wildman–Crippen MR) is 81.7 cm³/mol. The lowest BCUT2D eigenvalue weighted by Crippen LogP contribution is -2.44. The summed E-state index contributed by atoms with van der Waals surface area (Å²) in [6, 6.07) is 6.96. The minimum atomic E-state index is -4.65. The van der Waals surface area contributed by atoms with Crippen LogP contribution in [0.2, 0.25) is 5.02 Å². The smallest absolute Gasteiger partial charge is 0.272 e. The van der Waals surface area contributed by atoms with Crippen LogP contribution in [0.25, 0.3) is 0 Å². The van der Waals surface area contributed by atoms with Crippen LogP contribution in [-0.2, 0) is 14.8 Å². The molecule has 0 fully saturated rings. The average Bonchev–Trinajstić information content (AvgIpc) is 2.57. The highest BCUT2D eigenvalue weighted by atomic mass is 35.5. The number of benzene rings is 2. The number of nitrogens with one attached hydrogen (secondary N) is 2. The summed E-state index contributed by atoms with van der Waals surface area (Å²) in [4.78, 5) is 11.9. The van der Waals surface area contributed by atoms with Crippen molar-refractivity contribution in [2.75, 3.05) is 6.61 Å². The van der Waals surface area contributed by atoms with Crippen molar-refractivity contribution in [2.45, 2.75) is 4.90 Å². The summed E-state index contributed by atoms with van der Waals surface area (Å²) in [5.41, 5.74) is 1.75. The second kappa shape index (κ2) is 7.72. The number of carbonyl (C=O) groups is 1. The molecule has 2 aromatic rings. The van der Waals surface area contributed by atoms with Crippen LogP contribution in [0.5, 0.6) is 5.75 Å². The van der Waals surface area contributed by atoms with Gasteiger partial charge in [-0.25, -0.2) is 21.6 Å². The highest BCUT2D eigenvalue weighted by Gasteiger charge is 2.24. The van der Waals surface area contributed by atoms with Gasteiger partial charge in [-0.3, -0.25) is 10.2 Å². The third-order valence-corrected chi connectivity index (χ3v) is 4.31. The van der Waals surface area contributed by atoms with E-state index < -0.39 is 44.9 Å². The van der Waals surface area contributed by atoms with Gasteiger partial charge in [-0.15, -0.1) is 4.83 Å². The molecule has 0 aliphatic rings. The van der Waals surface area contributed by atoms with Crippen LogP contribution in [0.3, 0.4) is 0 Å². The maximum Gasteiger partial charge on any atom is 0.272 e. The lowest BCUT2D eigenvalue weighted by Gasteiger charge is -2.10. The molecule has 0 saturated carbocycles. The van der Waals surface area contributed by atoms with E-state index in [1.54, 1.807) is 10.3 Å². The molecule has 2 N–H and O–H groups in total. The molecule has 0 aromatic heterocycles. The van der Waals surface area contributed by atoms with Gasteiger partial charge in [0, 0.05) is 5.02 Å². The zero-order chi connectivity index (χ0) is 18.6. The Morgan fingerprint density at radius 3 is 2.32 bits per heavy atom. The molecule has 0 spiro atoms. The highest BCUT2D eigenvalue weighted by Crippen LogP contribution is 2.19. The first-order valence-electron chi connectivity index (χ1n) is 6.53. The molecule has 0 aliphatic carbocycles. The molecule has 0 aliphatic heterocycles. The zero-order valence-electron chi connectivity index (χ0n) is 12.2. The standard InChI is InChI=1S/C14H10ClF3N2O4S/c15-8-1-3-9(4-2-8)24-7-12(21)19-20-25(22,23)11-6-5-10(16)13(17)14(11)18/h1-6,20H,7H2,(H,19,21). The third-order valence-electron chi connectivity index (χ3n) is 2.80. The Morgan fingerprint density at radius 1 is 1.04 bits per heavy atom. The Kier molecular flexibility index (Phi) is 5.88. The average molecular weight is 395 g/mol. The van der Waals surface area contributed by atoms with Crippen LogP contribution in [-0.4, -0.2) is 20.9 Å². The van der Waals surface area contributed by atoms with E-state index in [4.69, 9.17) is 16.3 Å². The Bertz CT molecular complexity index is 892. The third kappa shape index (κ3) is 4.84. The fourth-order valence-corrected chi connectivity index (χ4v) is 2.67. The molecule has 11 heteroatoms. The van der Waals surface area contributed by atoms with Crippen LogP contribution in [0.4, 0.5) is 13.2 Å². The summed E-state index contributed by atoms with van der Waals surface area (Å²) in [5.74, 6) is -6.01. The van der Waals surface area contributed by atoms with Gasteiger partial charge in [0.1, 0.15) is 10.6 Å². The lowest BCUT2D eigenvalue weighted by atomic mass is 10.3. The summed E-state index contributed by atoms with van der Waals surface area (Å²) in [6.45, 7) is -0.565. The van der Waals surface area contributed by atoms with E-state index in [-0.39, 0.29) is 0 Å². The number of rotatable bonds is 6. The maximum absolute atomic E-state index is 13.5. The van der Waals surface area contributed by atoms with E-state index in [2.05, 4.69) is 0 Å². The number of hydrogen-bond donors (Lipinski definition) is 2. The minimum Gasteiger partial charge on any atom is -0.484 e. The van der Waals surface area contributed by atoms with E-state index in [0.29, 0.717) is 22.9 Å². The van der Waals surface area contributed by atoms with Gasteiger partial charge < -0.3 is 4.74 Å². The van der Waals surface area contributed by atoms with Crippen LogP contribution in [0.1, 0.15) is 0 Å². The van der Waals surface area contributed by atoms with E-state index in [9.17, 15) is 26.4 Å². The van der Waals surface area contributed by atoms with Gasteiger partial charge in [0.2, 0.25) is 0 Å². The van der Waals surface area contributed by atoms with Crippen molar-refractivity contribution in [1.29, 1.82) is 0 Å². The first kappa shape index (κ1) is 19.0. The van der Waals surface area contributed by atoms with Crippen LogP contribution >= 0.6 is 11.6 Å². The molecule has 134 valence electrons. The second-order valence-electron chi connectivity index (χ2n) is 4.57. The van der Waals surface area contributed by atoms with Crippen LogP contribution in [0, 0.1) is 17.5 Å². The zero-order valence-corrected chi connectivity index (χ0v) is 13.8. The van der Waals surface area contributed by atoms with Gasteiger partial charge in [-0.1, -0.05) is 11.6 Å². The molecule has 0 atom stereocenters. The Labute approximate surface area is 145 Å². The van der Waals surface area contributed by atoms with Crippen molar-refractivity contribution in [1.82, 2.24) is 10.3 Å². The van der Waals surface area contributed by atoms with Crippen molar-refractivity contribution < 1.29 is 31.1 Å². The molecule has 6 nitrogen and oxygen atoms in total. The number of carbonyl (C=O) groups excluding carboxylic acids is 1. The summed E-state index contributed by atoms with van der Waals surface area (Å²) < 4.78 is 68.1. The summed E-state index contributed by atoms with van der Waals surface area (Å²) in [5, 5.41) is 0.457. The van der Waals surface area contributed by atoms with E-state index in [1.807, 2.05) is 0 Å². The first-order valence-corrected chi connectivity index (χ1v) is 8.39. The van der Waals surface area contributed by atoms with Gasteiger partial charge in [0.15, 0.2) is 24.1 Å². The summed E-state index contributed by atoms with van der Waals surface area (Å²) in [6.07, 6.45) is 0. The number of amides is 1. The van der Waals surface area contributed by atoms with Crippen molar-refractivity contribution in [2.24, 2.45) is 0 Å². The molecule has 0 radical (unpaired) electrons. The van der Waals surface area contributed by atoms with Gasteiger partial charge >= 0.3 is 0 Å². The largest absolute Gasteiger partial charge is 0.484 e. The van der Waals surface area contributed by atoms with Crippen molar-refractivity contribution in [3.05, 3.63) is 58.9 Å². The van der Waals surface area contributed by atoms with Gasteiger partial charge in [-0.05, 0) is 36.4 Å². The van der Waals surface area contributed by atoms with E-state index >= 15 is 0 Å². The van der Waals surface area contributed by atoms with E-state index in [0.717, 1.165) is 0 Å². The maximum atomic E-state index is 13.5. The molecule has 1 amide bonds. The van der Waals surface area contributed by atoms with Crippen molar-refractivity contribution in [3.63, 3.8) is 0 Å². The van der Waals surface area contributed by atoms with Gasteiger partial charge in [0.05, 0.1) is 0 Å². The number of halogens is 4. The van der Waals surface area contributed by atoms with Gasteiger partial charge in [-0.2, -0.15) is 0 Å². The number of ether oxygens (including phenoxy) is 1. The molecule has 25 heavy (non-hydrogen) atoms. The second-order valence-corrected chi connectivity index (χ2v) is 6.66. The van der Waals surface area contributed by atoms with Crippen molar-refractivity contribution >= 4 is 27.5 Å². The van der Waals surface area contributed by atoms with Gasteiger partial charge in [0.25, 0.3) is 15.9 Å². The SMILES string of the molecule is O=C(COc1ccc(Cl)cc1)NNS(=O)(=O)c1ccc(F)c(F)c1F. The summed E-state index contributed by atoms with van der Waals surface area (Å²) in [7, 11) is -4.65. The van der Waals surface area contributed by atoms with Crippen LogP contribution < -0.4 is 15.0 Å². The summed E-state index contributed by atoms with van der Waals surface area (Å²) >= 11 is 5.67. The molecule has 2 rings (SSSR count). The first-order chi connectivity index (χ1) is 11.7. The lowest BCUT2D eigenvalue weighted by molar-refractivity contribution is -0.123. The number of hydrazine groups is 1. The molecule has 2 aromatic carbocycles. The number of hydrogen-bond acceptors (Lipinski definition) is 4.